The fourth-order valence-corrected chi connectivity index (χ4v) is 9.42. The first-order valence-electron chi connectivity index (χ1n) is 13.6. The van der Waals surface area contributed by atoms with Crippen molar-refractivity contribution in [3.8, 4) is 0 Å². The van der Waals surface area contributed by atoms with Gasteiger partial charge in [0.15, 0.2) is 0 Å². The fourth-order valence-electron chi connectivity index (χ4n) is 9.42. The van der Waals surface area contributed by atoms with Crippen molar-refractivity contribution in [2.75, 3.05) is 0 Å². The Balaban J connectivity index is 1.49. The molecule has 10 atom stereocenters. The fraction of sp³-hybridized carbons (Fsp3) is 0.931. The highest BCUT2D eigenvalue weighted by Crippen LogP contribution is 2.68. The van der Waals surface area contributed by atoms with Crippen LogP contribution < -0.4 is 0 Å². The highest BCUT2D eigenvalue weighted by atomic mass is 16.3. The third-order valence-electron chi connectivity index (χ3n) is 11.3. The highest BCUT2D eigenvalue weighted by Gasteiger charge is 2.60. The standard InChI is InChI=1S/C29H50O/c1-7-21(19(2)3)9-8-20(4)25-12-13-26-24-11-10-22-18-23(30)14-16-28(22,5)27(24)15-17-29(25,26)6/h8-9,19-27,30H,7,10-18H2,1-6H3/b9-8+/t20-,21-,22+,23-,24+,25-,26+,27+,28+,29-/m1/s1. The number of hydrogen-bond donors (Lipinski definition) is 1. The lowest BCUT2D eigenvalue weighted by Gasteiger charge is -2.61. The molecular weight excluding hydrogens is 364 g/mol. The van der Waals surface area contributed by atoms with E-state index in [1.54, 1.807) is 0 Å². The molecule has 0 aromatic carbocycles. The quantitative estimate of drug-likeness (QED) is 0.454. The molecule has 0 aromatic rings. The first-order chi connectivity index (χ1) is 14.2. The molecule has 0 unspecified atom stereocenters. The van der Waals surface area contributed by atoms with Gasteiger partial charge in [-0.15, -0.1) is 0 Å². The van der Waals surface area contributed by atoms with E-state index < -0.39 is 0 Å². The van der Waals surface area contributed by atoms with Gasteiger partial charge in [-0.3, -0.25) is 0 Å². The minimum absolute atomic E-state index is 0.0187. The molecule has 4 aliphatic rings. The lowest BCUT2D eigenvalue weighted by molar-refractivity contribution is -0.128. The van der Waals surface area contributed by atoms with E-state index in [1.807, 2.05) is 0 Å². The average molecular weight is 415 g/mol. The van der Waals surface area contributed by atoms with Gasteiger partial charge in [0.2, 0.25) is 0 Å². The van der Waals surface area contributed by atoms with Crippen molar-refractivity contribution < 1.29 is 5.11 Å². The second kappa shape index (κ2) is 8.57. The van der Waals surface area contributed by atoms with Crippen LogP contribution in [0.4, 0.5) is 0 Å². The summed E-state index contributed by atoms with van der Waals surface area (Å²) in [5, 5.41) is 10.3. The topological polar surface area (TPSA) is 20.2 Å². The van der Waals surface area contributed by atoms with Crippen LogP contribution in [0.25, 0.3) is 0 Å². The molecule has 0 radical (unpaired) electrons. The number of aliphatic hydroxyl groups is 1. The molecule has 4 aliphatic carbocycles. The van der Waals surface area contributed by atoms with Crippen LogP contribution in [0.3, 0.4) is 0 Å². The average Bonchev–Trinajstić information content (AvgIpc) is 3.06. The molecular formula is C29H50O. The van der Waals surface area contributed by atoms with Crippen LogP contribution in [0.1, 0.15) is 106 Å². The van der Waals surface area contributed by atoms with Gasteiger partial charge in [-0.2, -0.15) is 0 Å². The summed E-state index contributed by atoms with van der Waals surface area (Å²) in [6.45, 7) is 14.9. The van der Waals surface area contributed by atoms with Gasteiger partial charge in [0.1, 0.15) is 0 Å². The van der Waals surface area contributed by atoms with Crippen molar-refractivity contribution in [3.05, 3.63) is 12.2 Å². The van der Waals surface area contributed by atoms with Crippen molar-refractivity contribution in [2.24, 2.45) is 58.2 Å². The molecule has 0 spiro atoms. The maximum absolute atomic E-state index is 10.3. The molecule has 1 N–H and O–H groups in total. The van der Waals surface area contributed by atoms with Gasteiger partial charge < -0.3 is 5.11 Å². The molecule has 0 saturated heterocycles. The van der Waals surface area contributed by atoms with Gasteiger partial charge in [0, 0.05) is 0 Å². The summed E-state index contributed by atoms with van der Waals surface area (Å²) < 4.78 is 0. The van der Waals surface area contributed by atoms with Crippen molar-refractivity contribution in [3.63, 3.8) is 0 Å². The maximum atomic E-state index is 10.3. The van der Waals surface area contributed by atoms with Crippen LogP contribution >= 0.6 is 0 Å². The molecule has 4 rings (SSSR count). The van der Waals surface area contributed by atoms with Crippen LogP contribution in [-0.4, -0.2) is 11.2 Å². The summed E-state index contributed by atoms with van der Waals surface area (Å²) in [7, 11) is 0. The zero-order valence-electron chi connectivity index (χ0n) is 20.9. The van der Waals surface area contributed by atoms with E-state index in [2.05, 4.69) is 53.7 Å². The lowest BCUT2D eigenvalue weighted by Crippen LogP contribution is -2.54. The highest BCUT2D eigenvalue weighted by molar-refractivity contribution is 5.11. The zero-order chi connectivity index (χ0) is 21.7. The SMILES string of the molecule is CC[C@H](/C=C/[C@@H](C)[C@H]1CC[C@H]2[C@@H]3CC[C@H]4C[C@H](O)CC[C@]4(C)[C@H]3CC[C@]12C)C(C)C. The smallest absolute Gasteiger partial charge is 0.0543 e. The van der Waals surface area contributed by atoms with Crippen molar-refractivity contribution >= 4 is 0 Å². The normalized spacial score (nSPS) is 48.3. The number of fused-ring (bicyclic) bond motifs is 5. The van der Waals surface area contributed by atoms with Gasteiger partial charge in [-0.25, -0.2) is 0 Å². The minimum Gasteiger partial charge on any atom is -0.393 e. The molecule has 0 amide bonds. The van der Waals surface area contributed by atoms with Crippen molar-refractivity contribution in [1.82, 2.24) is 0 Å². The number of aliphatic hydroxyl groups excluding tert-OH is 1. The Kier molecular flexibility index (Phi) is 6.53. The van der Waals surface area contributed by atoms with Crippen molar-refractivity contribution in [2.45, 2.75) is 112 Å². The predicted octanol–water partition coefficient (Wildman–Crippen LogP) is 7.88. The number of rotatable bonds is 5. The molecule has 4 saturated carbocycles. The third kappa shape index (κ3) is 3.74. The summed E-state index contributed by atoms with van der Waals surface area (Å²) in [5.41, 5.74) is 1.07. The Morgan fingerprint density at radius 3 is 2.27 bits per heavy atom. The Morgan fingerprint density at radius 1 is 0.867 bits per heavy atom. The van der Waals surface area contributed by atoms with E-state index in [0.717, 1.165) is 60.2 Å². The van der Waals surface area contributed by atoms with E-state index >= 15 is 0 Å². The Morgan fingerprint density at radius 2 is 1.57 bits per heavy atom. The first kappa shape index (κ1) is 22.9. The molecule has 1 nitrogen and oxygen atoms in total. The summed E-state index contributed by atoms with van der Waals surface area (Å²) in [5.74, 6) is 6.72. The van der Waals surface area contributed by atoms with Crippen LogP contribution in [-0.2, 0) is 0 Å². The Labute approximate surface area is 187 Å². The Bertz CT molecular complexity index is 622. The molecule has 0 heterocycles. The second-order valence-corrected chi connectivity index (χ2v) is 12.9. The van der Waals surface area contributed by atoms with Gasteiger partial charge in [0.05, 0.1) is 6.10 Å². The monoisotopic (exact) mass is 414 g/mol. The Hall–Kier alpha value is -0.300. The molecule has 30 heavy (non-hydrogen) atoms. The van der Waals surface area contributed by atoms with E-state index in [-0.39, 0.29) is 6.10 Å². The summed E-state index contributed by atoms with van der Waals surface area (Å²) in [6.07, 6.45) is 18.5. The van der Waals surface area contributed by atoms with E-state index in [0.29, 0.717) is 10.8 Å². The van der Waals surface area contributed by atoms with Crippen LogP contribution in [0.15, 0.2) is 12.2 Å². The maximum Gasteiger partial charge on any atom is 0.0543 e. The van der Waals surface area contributed by atoms with E-state index in [4.69, 9.17) is 0 Å². The summed E-state index contributed by atoms with van der Waals surface area (Å²) >= 11 is 0. The molecule has 0 aliphatic heterocycles. The minimum atomic E-state index is -0.0187. The van der Waals surface area contributed by atoms with Crippen LogP contribution in [0, 0.1) is 58.2 Å². The number of hydrogen-bond acceptors (Lipinski definition) is 1. The van der Waals surface area contributed by atoms with Gasteiger partial charge in [0.25, 0.3) is 0 Å². The van der Waals surface area contributed by atoms with E-state index in [1.165, 1.54) is 51.4 Å². The molecule has 0 aromatic heterocycles. The molecule has 1 heteroatoms. The molecule has 4 fully saturated rings. The van der Waals surface area contributed by atoms with Crippen molar-refractivity contribution in [1.29, 1.82) is 0 Å². The largest absolute Gasteiger partial charge is 0.393 e. The van der Waals surface area contributed by atoms with E-state index in [9.17, 15) is 5.11 Å². The summed E-state index contributed by atoms with van der Waals surface area (Å²) in [6, 6.07) is 0. The van der Waals surface area contributed by atoms with Crippen LogP contribution in [0.5, 0.6) is 0 Å². The second-order valence-electron chi connectivity index (χ2n) is 12.9. The lowest BCUT2D eigenvalue weighted by atomic mass is 9.44. The third-order valence-corrected chi connectivity index (χ3v) is 11.3. The molecule has 172 valence electrons. The zero-order valence-corrected chi connectivity index (χ0v) is 20.9. The van der Waals surface area contributed by atoms with Crippen LogP contribution in [0.2, 0.25) is 0 Å². The summed E-state index contributed by atoms with van der Waals surface area (Å²) in [4.78, 5) is 0. The number of allylic oxidation sites excluding steroid dienone is 2. The van der Waals surface area contributed by atoms with Gasteiger partial charge in [-0.1, -0.05) is 53.7 Å². The van der Waals surface area contributed by atoms with Gasteiger partial charge >= 0.3 is 0 Å². The first-order valence-corrected chi connectivity index (χ1v) is 13.6. The van der Waals surface area contributed by atoms with Gasteiger partial charge in [-0.05, 0) is 122 Å². The predicted molar refractivity (Wildman–Crippen MR) is 128 cm³/mol. The molecule has 0 bridgehead atoms.